The molecule has 1 N–H and O–H groups in total. The summed E-state index contributed by atoms with van der Waals surface area (Å²) < 4.78 is 0. The lowest BCUT2D eigenvalue weighted by atomic mass is 9.94. The first-order chi connectivity index (χ1) is 9.16. The van der Waals surface area contributed by atoms with E-state index in [1.165, 1.54) is 10.9 Å². The summed E-state index contributed by atoms with van der Waals surface area (Å²) in [4.78, 5) is 12.4. The van der Waals surface area contributed by atoms with Crippen molar-refractivity contribution in [1.29, 1.82) is 0 Å². The molecule has 0 radical (unpaired) electrons. The zero-order valence-corrected chi connectivity index (χ0v) is 11.4. The van der Waals surface area contributed by atoms with E-state index in [-0.39, 0.29) is 5.92 Å². The molecule has 2 aromatic heterocycles. The molecule has 0 saturated heterocycles. The smallest absolute Gasteiger partial charge is 0.103 e. The lowest BCUT2D eigenvalue weighted by Crippen LogP contribution is -2.00. The Labute approximate surface area is 112 Å². The van der Waals surface area contributed by atoms with Crippen LogP contribution in [0.3, 0.4) is 0 Å². The van der Waals surface area contributed by atoms with E-state index in [0.29, 0.717) is 0 Å². The SMILES string of the molecule is Cc1nc(C(C)c2cccc3cccnc23)c(C)[nH]1. The summed E-state index contributed by atoms with van der Waals surface area (Å²) in [7, 11) is 0. The molecule has 1 aromatic carbocycles. The number of H-pyrrole nitrogens is 1. The normalized spacial score (nSPS) is 12.8. The van der Waals surface area contributed by atoms with Crippen molar-refractivity contribution in [3.05, 3.63) is 59.3 Å². The molecule has 19 heavy (non-hydrogen) atoms. The molecular formula is C16H17N3. The van der Waals surface area contributed by atoms with Gasteiger partial charge in [-0.3, -0.25) is 4.98 Å². The Hall–Kier alpha value is -2.16. The van der Waals surface area contributed by atoms with E-state index in [4.69, 9.17) is 0 Å². The Morgan fingerprint density at radius 1 is 1.11 bits per heavy atom. The van der Waals surface area contributed by atoms with Crippen molar-refractivity contribution in [3.8, 4) is 0 Å². The van der Waals surface area contributed by atoms with E-state index in [1.54, 1.807) is 0 Å². The van der Waals surface area contributed by atoms with Crippen molar-refractivity contribution in [2.45, 2.75) is 26.7 Å². The van der Waals surface area contributed by atoms with Crippen LogP contribution in [0.4, 0.5) is 0 Å². The molecule has 1 unspecified atom stereocenters. The van der Waals surface area contributed by atoms with Gasteiger partial charge in [-0.25, -0.2) is 4.98 Å². The fourth-order valence-corrected chi connectivity index (χ4v) is 2.67. The first-order valence-electron chi connectivity index (χ1n) is 6.53. The highest BCUT2D eigenvalue weighted by molar-refractivity contribution is 5.82. The predicted molar refractivity (Wildman–Crippen MR) is 77.3 cm³/mol. The third-order valence-corrected chi connectivity index (χ3v) is 3.58. The number of hydrogen-bond donors (Lipinski definition) is 1. The average Bonchev–Trinajstić information content (AvgIpc) is 2.76. The molecule has 1 atom stereocenters. The van der Waals surface area contributed by atoms with Crippen molar-refractivity contribution >= 4 is 10.9 Å². The lowest BCUT2D eigenvalue weighted by molar-refractivity contribution is 0.873. The summed E-state index contributed by atoms with van der Waals surface area (Å²) in [5.41, 5.74) is 4.54. The van der Waals surface area contributed by atoms with Crippen molar-refractivity contribution < 1.29 is 0 Å². The second kappa shape index (κ2) is 4.50. The van der Waals surface area contributed by atoms with E-state index in [2.05, 4.69) is 53.1 Å². The molecule has 2 heterocycles. The van der Waals surface area contributed by atoms with Gasteiger partial charge in [-0.1, -0.05) is 31.2 Å². The fraction of sp³-hybridized carbons (Fsp3) is 0.250. The molecule has 0 aliphatic carbocycles. The highest BCUT2D eigenvalue weighted by atomic mass is 14.9. The van der Waals surface area contributed by atoms with Gasteiger partial charge < -0.3 is 4.98 Å². The van der Waals surface area contributed by atoms with Crippen LogP contribution in [-0.4, -0.2) is 15.0 Å². The van der Waals surface area contributed by atoms with Gasteiger partial charge in [-0.05, 0) is 25.5 Å². The first-order valence-corrected chi connectivity index (χ1v) is 6.53. The molecular weight excluding hydrogens is 234 g/mol. The second-order valence-corrected chi connectivity index (χ2v) is 4.98. The van der Waals surface area contributed by atoms with Crippen LogP contribution in [0.5, 0.6) is 0 Å². The monoisotopic (exact) mass is 251 g/mol. The van der Waals surface area contributed by atoms with E-state index >= 15 is 0 Å². The Balaban J connectivity index is 2.16. The molecule has 0 aliphatic rings. The molecule has 3 aromatic rings. The Kier molecular flexibility index (Phi) is 2.82. The minimum atomic E-state index is 0.239. The molecule has 3 heteroatoms. The summed E-state index contributed by atoms with van der Waals surface area (Å²) in [6.45, 7) is 6.25. The maximum atomic E-state index is 4.61. The largest absolute Gasteiger partial charge is 0.346 e. The molecule has 0 fully saturated rings. The zero-order valence-electron chi connectivity index (χ0n) is 11.4. The summed E-state index contributed by atoms with van der Waals surface area (Å²) in [5.74, 6) is 1.20. The number of rotatable bonds is 2. The first kappa shape index (κ1) is 11.9. The maximum Gasteiger partial charge on any atom is 0.103 e. The number of nitrogens with zero attached hydrogens (tertiary/aromatic N) is 2. The molecule has 3 nitrogen and oxygen atoms in total. The number of nitrogens with one attached hydrogen (secondary N) is 1. The van der Waals surface area contributed by atoms with Crippen LogP contribution in [0.1, 0.15) is 35.6 Å². The van der Waals surface area contributed by atoms with Gasteiger partial charge in [0.25, 0.3) is 0 Å². The highest BCUT2D eigenvalue weighted by Gasteiger charge is 2.17. The van der Waals surface area contributed by atoms with Gasteiger partial charge in [0.15, 0.2) is 0 Å². The summed E-state index contributed by atoms with van der Waals surface area (Å²) in [5, 5.41) is 1.18. The zero-order chi connectivity index (χ0) is 13.4. The van der Waals surface area contributed by atoms with E-state index in [0.717, 1.165) is 22.7 Å². The van der Waals surface area contributed by atoms with Gasteiger partial charge in [0.1, 0.15) is 5.82 Å². The van der Waals surface area contributed by atoms with E-state index in [1.807, 2.05) is 19.2 Å². The maximum absolute atomic E-state index is 4.61. The van der Waals surface area contributed by atoms with E-state index in [9.17, 15) is 0 Å². The van der Waals surface area contributed by atoms with Crippen LogP contribution in [0, 0.1) is 13.8 Å². The number of benzene rings is 1. The quantitative estimate of drug-likeness (QED) is 0.754. The molecule has 96 valence electrons. The second-order valence-electron chi connectivity index (χ2n) is 4.98. The van der Waals surface area contributed by atoms with Gasteiger partial charge in [-0.15, -0.1) is 0 Å². The lowest BCUT2D eigenvalue weighted by Gasteiger charge is -2.12. The van der Waals surface area contributed by atoms with Crippen molar-refractivity contribution in [1.82, 2.24) is 15.0 Å². The number of aromatic nitrogens is 3. The number of aryl methyl sites for hydroxylation is 2. The van der Waals surface area contributed by atoms with Crippen molar-refractivity contribution in [3.63, 3.8) is 0 Å². The van der Waals surface area contributed by atoms with Crippen LogP contribution >= 0.6 is 0 Å². The van der Waals surface area contributed by atoms with Gasteiger partial charge in [-0.2, -0.15) is 0 Å². The molecule has 0 bridgehead atoms. The van der Waals surface area contributed by atoms with Crippen LogP contribution in [0.15, 0.2) is 36.5 Å². The van der Waals surface area contributed by atoms with Crippen LogP contribution in [-0.2, 0) is 0 Å². The van der Waals surface area contributed by atoms with Crippen LogP contribution in [0.25, 0.3) is 10.9 Å². The van der Waals surface area contributed by atoms with E-state index < -0.39 is 0 Å². The number of imidazole rings is 1. The van der Waals surface area contributed by atoms with Gasteiger partial charge in [0.2, 0.25) is 0 Å². The van der Waals surface area contributed by atoms with Gasteiger partial charge >= 0.3 is 0 Å². The van der Waals surface area contributed by atoms with Crippen LogP contribution < -0.4 is 0 Å². The van der Waals surface area contributed by atoms with Crippen molar-refractivity contribution in [2.24, 2.45) is 0 Å². The summed E-state index contributed by atoms with van der Waals surface area (Å²) in [6, 6.07) is 10.4. The number of para-hydroxylation sites is 1. The number of aromatic amines is 1. The predicted octanol–water partition coefficient (Wildman–Crippen LogP) is 3.73. The molecule has 0 amide bonds. The highest BCUT2D eigenvalue weighted by Crippen LogP contribution is 2.29. The van der Waals surface area contributed by atoms with Gasteiger partial charge in [0.05, 0.1) is 11.2 Å². The molecule has 0 saturated carbocycles. The topological polar surface area (TPSA) is 41.6 Å². The molecule has 3 rings (SSSR count). The third kappa shape index (κ3) is 2.01. The standard InChI is InChI=1S/C16H17N3/c1-10(15-11(2)18-12(3)19-15)14-8-4-6-13-7-5-9-17-16(13)14/h4-10H,1-3H3,(H,18,19). The molecule has 0 spiro atoms. The minimum absolute atomic E-state index is 0.239. The van der Waals surface area contributed by atoms with Crippen molar-refractivity contribution in [2.75, 3.05) is 0 Å². The Bertz CT molecular complexity index is 722. The summed E-state index contributed by atoms with van der Waals surface area (Å²) >= 11 is 0. The van der Waals surface area contributed by atoms with Crippen LogP contribution in [0.2, 0.25) is 0 Å². The third-order valence-electron chi connectivity index (χ3n) is 3.58. The Morgan fingerprint density at radius 2 is 1.89 bits per heavy atom. The fourth-order valence-electron chi connectivity index (χ4n) is 2.67. The summed E-state index contributed by atoms with van der Waals surface area (Å²) in [6.07, 6.45) is 1.85. The Morgan fingerprint density at radius 3 is 2.63 bits per heavy atom. The average molecular weight is 251 g/mol. The number of hydrogen-bond acceptors (Lipinski definition) is 2. The minimum Gasteiger partial charge on any atom is -0.346 e. The molecule has 0 aliphatic heterocycles. The number of pyridine rings is 1. The number of fused-ring (bicyclic) bond motifs is 1. The van der Waals surface area contributed by atoms with Gasteiger partial charge in [0, 0.05) is 23.2 Å².